The number of benzene rings is 3. The Labute approximate surface area is 218 Å². The maximum Gasteiger partial charge on any atom is 0.322 e. The summed E-state index contributed by atoms with van der Waals surface area (Å²) >= 11 is 0. The molecule has 2 amide bonds. The van der Waals surface area contributed by atoms with Gasteiger partial charge in [-0.3, -0.25) is 0 Å². The fraction of sp³-hybridized carbons (Fsp3) is 0.133. The Hall–Kier alpha value is -4.72. The molecule has 6 rings (SSSR count). The van der Waals surface area contributed by atoms with Gasteiger partial charge in [0.05, 0.1) is 29.7 Å². The minimum atomic E-state index is -0.541. The monoisotopic (exact) mass is 509 g/mol. The minimum absolute atomic E-state index is 0.246. The number of rotatable bonds is 4. The van der Waals surface area contributed by atoms with Gasteiger partial charge in [-0.15, -0.1) is 0 Å². The summed E-state index contributed by atoms with van der Waals surface area (Å²) in [6, 6.07) is 24.8. The van der Waals surface area contributed by atoms with Crippen LogP contribution in [0, 0.1) is 11.6 Å². The topological polar surface area (TPSA) is 55.1 Å². The van der Waals surface area contributed by atoms with Crippen molar-refractivity contribution < 1.29 is 13.6 Å². The fourth-order valence-electron chi connectivity index (χ4n) is 5.11. The molecule has 0 radical (unpaired) electrons. The summed E-state index contributed by atoms with van der Waals surface area (Å²) < 4.78 is 31.8. The van der Waals surface area contributed by atoms with Gasteiger partial charge in [0.25, 0.3) is 0 Å². The van der Waals surface area contributed by atoms with Gasteiger partial charge in [0.2, 0.25) is 0 Å². The zero-order valence-electron chi connectivity index (χ0n) is 20.7. The predicted octanol–water partition coefficient (Wildman–Crippen LogP) is 6.64. The second-order valence-electron chi connectivity index (χ2n) is 9.18. The zero-order valence-corrected chi connectivity index (χ0v) is 20.7. The molecular formula is C30H25F2N5O. The lowest BCUT2D eigenvalue weighted by Crippen LogP contribution is -2.38. The molecule has 1 aliphatic heterocycles. The molecule has 0 saturated carbocycles. The molecule has 38 heavy (non-hydrogen) atoms. The van der Waals surface area contributed by atoms with Crippen molar-refractivity contribution in [3.8, 4) is 11.5 Å². The van der Waals surface area contributed by atoms with E-state index >= 15 is 0 Å². The number of urea groups is 1. The second kappa shape index (κ2) is 9.63. The molecule has 1 atom stereocenters. The standard InChI is InChI=1S/C30H25F2N5O/c1-2-26-25-19-36(30(38)33-23-9-6-8-22(32)18-23)28(20-13-15-21(31)16-14-20)27-12-7-17-35(27)29(25)37(34-26)24-10-4-3-5-11-24/h3-18,28H,2,19H2,1H3,(H,33,38)/t28-/m0/s1. The van der Waals surface area contributed by atoms with Crippen LogP contribution in [-0.4, -0.2) is 25.3 Å². The normalized spacial score (nSPS) is 14.5. The zero-order chi connectivity index (χ0) is 26.2. The number of hydrogen-bond acceptors (Lipinski definition) is 2. The largest absolute Gasteiger partial charge is 0.322 e. The number of amides is 2. The Morgan fingerprint density at radius 1 is 0.947 bits per heavy atom. The molecule has 0 aliphatic carbocycles. The first-order valence-corrected chi connectivity index (χ1v) is 12.5. The molecule has 0 spiro atoms. The third kappa shape index (κ3) is 4.14. The molecule has 3 aromatic carbocycles. The number of hydrogen-bond donors (Lipinski definition) is 1. The molecule has 190 valence electrons. The highest BCUT2D eigenvalue weighted by Crippen LogP contribution is 2.39. The van der Waals surface area contributed by atoms with E-state index in [0.29, 0.717) is 12.1 Å². The molecule has 1 aliphatic rings. The summed E-state index contributed by atoms with van der Waals surface area (Å²) in [5.74, 6) is 0.0494. The van der Waals surface area contributed by atoms with Crippen LogP contribution < -0.4 is 5.32 Å². The van der Waals surface area contributed by atoms with Gasteiger partial charge in [-0.2, -0.15) is 5.10 Å². The first-order valence-electron chi connectivity index (χ1n) is 12.5. The number of para-hydroxylation sites is 1. The van der Waals surface area contributed by atoms with Gasteiger partial charge in [-0.1, -0.05) is 43.3 Å². The van der Waals surface area contributed by atoms with Crippen LogP contribution in [0.15, 0.2) is 97.2 Å². The van der Waals surface area contributed by atoms with Crippen LogP contribution in [0.4, 0.5) is 19.3 Å². The van der Waals surface area contributed by atoms with Gasteiger partial charge in [0, 0.05) is 17.4 Å². The van der Waals surface area contributed by atoms with E-state index in [9.17, 15) is 13.6 Å². The van der Waals surface area contributed by atoms with Crippen molar-refractivity contribution in [2.24, 2.45) is 0 Å². The van der Waals surface area contributed by atoms with E-state index < -0.39 is 17.9 Å². The second-order valence-corrected chi connectivity index (χ2v) is 9.18. The quantitative estimate of drug-likeness (QED) is 0.295. The Morgan fingerprint density at radius 3 is 2.47 bits per heavy atom. The van der Waals surface area contributed by atoms with Crippen LogP contribution in [0.1, 0.15) is 35.5 Å². The Morgan fingerprint density at radius 2 is 1.74 bits per heavy atom. The van der Waals surface area contributed by atoms with E-state index in [4.69, 9.17) is 5.10 Å². The number of aromatic nitrogens is 3. The number of anilines is 1. The Bertz CT molecular complexity index is 1610. The van der Waals surface area contributed by atoms with Crippen LogP contribution >= 0.6 is 0 Å². The first kappa shape index (κ1) is 23.7. The summed E-state index contributed by atoms with van der Waals surface area (Å²) in [6.45, 7) is 2.28. The third-order valence-electron chi connectivity index (χ3n) is 6.83. The number of nitrogens with one attached hydrogen (secondary N) is 1. The van der Waals surface area contributed by atoms with E-state index in [2.05, 4.69) is 9.88 Å². The molecule has 1 N–H and O–H groups in total. The lowest BCUT2D eigenvalue weighted by Gasteiger charge is -2.31. The minimum Gasteiger partial charge on any atom is -0.308 e. The number of aryl methyl sites for hydroxylation is 1. The molecule has 5 aromatic rings. The van der Waals surface area contributed by atoms with E-state index in [1.54, 1.807) is 29.2 Å². The highest BCUT2D eigenvalue weighted by molar-refractivity contribution is 5.90. The smallest absolute Gasteiger partial charge is 0.308 e. The molecule has 6 nitrogen and oxygen atoms in total. The van der Waals surface area contributed by atoms with Gasteiger partial charge in [-0.25, -0.2) is 18.3 Å². The number of carbonyl (C=O) groups is 1. The van der Waals surface area contributed by atoms with Crippen LogP contribution in [0.3, 0.4) is 0 Å². The van der Waals surface area contributed by atoms with Crippen molar-refractivity contribution in [2.45, 2.75) is 25.9 Å². The lowest BCUT2D eigenvalue weighted by atomic mass is 10.0. The molecule has 0 bridgehead atoms. The van der Waals surface area contributed by atoms with E-state index in [0.717, 1.165) is 34.0 Å². The van der Waals surface area contributed by atoms with E-state index in [1.165, 1.54) is 24.3 Å². The molecule has 2 aromatic heterocycles. The summed E-state index contributed by atoms with van der Waals surface area (Å²) in [5, 5.41) is 7.80. The predicted molar refractivity (Wildman–Crippen MR) is 141 cm³/mol. The van der Waals surface area contributed by atoms with Gasteiger partial charge >= 0.3 is 6.03 Å². The van der Waals surface area contributed by atoms with Crippen LogP contribution in [0.5, 0.6) is 0 Å². The fourth-order valence-corrected chi connectivity index (χ4v) is 5.11. The van der Waals surface area contributed by atoms with Crippen molar-refractivity contribution in [1.82, 2.24) is 19.2 Å². The number of carbonyl (C=O) groups excluding carboxylic acids is 1. The Kier molecular flexibility index (Phi) is 5.99. The summed E-state index contributed by atoms with van der Waals surface area (Å²) in [4.78, 5) is 15.6. The molecule has 0 unspecified atom stereocenters. The molecular weight excluding hydrogens is 484 g/mol. The average Bonchev–Trinajstić information content (AvgIpc) is 3.51. The maximum atomic E-state index is 13.9. The van der Waals surface area contributed by atoms with Crippen molar-refractivity contribution >= 4 is 11.7 Å². The van der Waals surface area contributed by atoms with Crippen LogP contribution in [0.25, 0.3) is 11.5 Å². The van der Waals surface area contributed by atoms with Crippen molar-refractivity contribution in [2.75, 3.05) is 5.32 Å². The van der Waals surface area contributed by atoms with Crippen molar-refractivity contribution in [3.05, 3.63) is 131 Å². The van der Waals surface area contributed by atoms with Gasteiger partial charge in [0.1, 0.15) is 17.5 Å². The van der Waals surface area contributed by atoms with Crippen molar-refractivity contribution in [3.63, 3.8) is 0 Å². The summed E-state index contributed by atoms with van der Waals surface area (Å²) in [5.41, 5.74) is 4.61. The number of fused-ring (bicyclic) bond motifs is 3. The average molecular weight is 510 g/mol. The molecule has 0 fully saturated rings. The third-order valence-corrected chi connectivity index (χ3v) is 6.83. The number of nitrogens with zero attached hydrogens (tertiary/aromatic N) is 4. The van der Waals surface area contributed by atoms with Crippen molar-refractivity contribution in [1.29, 1.82) is 0 Å². The highest BCUT2D eigenvalue weighted by atomic mass is 19.1. The van der Waals surface area contributed by atoms with E-state index in [1.807, 2.05) is 60.3 Å². The number of halogens is 2. The first-order chi connectivity index (χ1) is 18.5. The molecule has 8 heteroatoms. The van der Waals surface area contributed by atoms with Gasteiger partial charge in [-0.05, 0) is 66.6 Å². The molecule has 3 heterocycles. The van der Waals surface area contributed by atoms with Gasteiger partial charge < -0.3 is 14.8 Å². The van der Waals surface area contributed by atoms with E-state index in [-0.39, 0.29) is 12.4 Å². The highest BCUT2D eigenvalue weighted by Gasteiger charge is 2.36. The molecule has 0 saturated heterocycles. The summed E-state index contributed by atoms with van der Waals surface area (Å²) in [7, 11) is 0. The Balaban J connectivity index is 1.55. The maximum absolute atomic E-state index is 13.9. The van der Waals surface area contributed by atoms with Crippen LogP contribution in [-0.2, 0) is 13.0 Å². The van der Waals surface area contributed by atoms with Crippen LogP contribution in [0.2, 0.25) is 0 Å². The summed E-state index contributed by atoms with van der Waals surface area (Å²) in [6.07, 6.45) is 2.62. The lowest BCUT2D eigenvalue weighted by molar-refractivity contribution is 0.194. The SMILES string of the molecule is CCc1nn(-c2ccccc2)c2c1CN(C(=O)Nc1cccc(F)c1)[C@@H](c1ccc(F)cc1)c1cccn1-2. The van der Waals surface area contributed by atoms with Gasteiger partial charge in [0.15, 0.2) is 0 Å².